The van der Waals surface area contributed by atoms with Crippen molar-refractivity contribution in [2.75, 3.05) is 0 Å². The Bertz CT molecular complexity index is 141. The van der Waals surface area contributed by atoms with Crippen molar-refractivity contribution in [1.82, 2.24) is 0 Å². The summed E-state index contributed by atoms with van der Waals surface area (Å²) in [5, 5.41) is 0. The van der Waals surface area contributed by atoms with Crippen LogP contribution in [0.1, 0.15) is 38.5 Å². The van der Waals surface area contributed by atoms with E-state index in [2.05, 4.69) is 0 Å². The van der Waals surface area contributed by atoms with Gasteiger partial charge in [0.25, 0.3) is 0 Å². The van der Waals surface area contributed by atoms with Crippen LogP contribution in [0.5, 0.6) is 0 Å². The monoisotopic (exact) mass is 138 g/mol. The lowest BCUT2D eigenvalue weighted by Crippen LogP contribution is -2.20. The molecule has 0 amide bonds. The van der Waals surface area contributed by atoms with Gasteiger partial charge in [-0.1, -0.05) is 12.8 Å². The molecule has 0 radical (unpaired) electrons. The minimum atomic E-state index is 0.167. The van der Waals surface area contributed by atoms with Crippen LogP contribution >= 0.6 is 0 Å². The van der Waals surface area contributed by atoms with Gasteiger partial charge >= 0.3 is 0 Å². The zero-order valence-electron chi connectivity index (χ0n) is 6.31. The maximum atomic E-state index is 10.8. The highest BCUT2D eigenvalue weighted by molar-refractivity contribution is 5.61. The molecule has 2 saturated carbocycles. The third-order valence-electron chi connectivity index (χ3n) is 3.44. The maximum absolute atomic E-state index is 10.8. The molecule has 0 saturated heterocycles. The van der Waals surface area contributed by atoms with Crippen LogP contribution in [0.25, 0.3) is 0 Å². The zero-order chi connectivity index (χ0) is 7.03. The fraction of sp³-hybridized carbons (Fsp3) is 0.889. The van der Waals surface area contributed by atoms with Gasteiger partial charge in [0.05, 0.1) is 0 Å². The lowest BCUT2D eigenvalue weighted by atomic mass is 9.82. The summed E-state index contributed by atoms with van der Waals surface area (Å²) in [6.07, 6.45) is 8.84. The van der Waals surface area contributed by atoms with Crippen LogP contribution in [0.15, 0.2) is 0 Å². The third kappa shape index (κ3) is 0.664. The quantitative estimate of drug-likeness (QED) is 0.507. The van der Waals surface area contributed by atoms with E-state index in [1.165, 1.54) is 44.8 Å². The SMILES string of the molecule is O=CC12CCCC1CCC2. The molecule has 2 aliphatic carbocycles. The highest BCUT2D eigenvalue weighted by atomic mass is 16.1. The predicted molar refractivity (Wildman–Crippen MR) is 39.7 cm³/mol. The molecule has 1 nitrogen and oxygen atoms in total. The molecule has 10 heavy (non-hydrogen) atoms. The van der Waals surface area contributed by atoms with Crippen LogP contribution in [0.2, 0.25) is 0 Å². The van der Waals surface area contributed by atoms with Crippen molar-refractivity contribution in [3.63, 3.8) is 0 Å². The van der Waals surface area contributed by atoms with Crippen molar-refractivity contribution >= 4 is 6.29 Å². The van der Waals surface area contributed by atoms with Gasteiger partial charge in [-0.05, 0) is 31.6 Å². The fourth-order valence-electron chi connectivity index (χ4n) is 2.82. The Balaban J connectivity index is 2.23. The van der Waals surface area contributed by atoms with E-state index in [4.69, 9.17) is 0 Å². The molecule has 2 rings (SSSR count). The number of carbonyl (C=O) groups excluding carboxylic acids is 1. The number of rotatable bonds is 1. The first-order valence-corrected chi connectivity index (χ1v) is 4.34. The summed E-state index contributed by atoms with van der Waals surface area (Å²) in [6.45, 7) is 0. The molecule has 0 aromatic rings. The number of carbonyl (C=O) groups is 1. The molecule has 0 atom stereocenters. The van der Waals surface area contributed by atoms with Gasteiger partial charge < -0.3 is 4.79 Å². The van der Waals surface area contributed by atoms with Crippen molar-refractivity contribution < 1.29 is 4.79 Å². The Morgan fingerprint density at radius 2 is 1.80 bits per heavy atom. The summed E-state index contributed by atoms with van der Waals surface area (Å²) < 4.78 is 0. The summed E-state index contributed by atoms with van der Waals surface area (Å²) in [4.78, 5) is 10.8. The molecule has 56 valence electrons. The van der Waals surface area contributed by atoms with E-state index < -0.39 is 0 Å². The van der Waals surface area contributed by atoms with Gasteiger partial charge in [0.15, 0.2) is 0 Å². The molecule has 0 N–H and O–H groups in total. The summed E-state index contributed by atoms with van der Waals surface area (Å²) in [7, 11) is 0. The Morgan fingerprint density at radius 1 is 1.20 bits per heavy atom. The zero-order valence-corrected chi connectivity index (χ0v) is 6.31. The van der Waals surface area contributed by atoms with Crippen molar-refractivity contribution in [1.29, 1.82) is 0 Å². The molecule has 0 aliphatic heterocycles. The second kappa shape index (κ2) is 2.08. The Morgan fingerprint density at radius 3 is 2.20 bits per heavy atom. The second-order valence-electron chi connectivity index (χ2n) is 3.83. The molecular formula is C9H14O. The molecule has 1 heteroatoms. The van der Waals surface area contributed by atoms with E-state index in [0.29, 0.717) is 0 Å². The van der Waals surface area contributed by atoms with Gasteiger partial charge in [-0.15, -0.1) is 0 Å². The molecule has 0 unspecified atom stereocenters. The van der Waals surface area contributed by atoms with E-state index in [1.807, 2.05) is 0 Å². The highest BCUT2D eigenvalue weighted by Crippen LogP contribution is 2.52. The topological polar surface area (TPSA) is 17.1 Å². The first-order chi connectivity index (χ1) is 4.87. The highest BCUT2D eigenvalue weighted by Gasteiger charge is 2.45. The van der Waals surface area contributed by atoms with E-state index in [9.17, 15) is 4.79 Å². The van der Waals surface area contributed by atoms with Gasteiger partial charge in [0.2, 0.25) is 0 Å². The summed E-state index contributed by atoms with van der Waals surface area (Å²) >= 11 is 0. The Labute approximate surface area is 61.8 Å². The van der Waals surface area contributed by atoms with Gasteiger partial charge in [0.1, 0.15) is 6.29 Å². The summed E-state index contributed by atoms with van der Waals surface area (Å²) in [5.41, 5.74) is 0.167. The van der Waals surface area contributed by atoms with E-state index in [0.717, 1.165) is 5.92 Å². The van der Waals surface area contributed by atoms with Crippen molar-refractivity contribution in [2.24, 2.45) is 11.3 Å². The lowest BCUT2D eigenvalue weighted by Gasteiger charge is -2.20. The maximum Gasteiger partial charge on any atom is 0.126 e. The van der Waals surface area contributed by atoms with Crippen LogP contribution < -0.4 is 0 Å². The van der Waals surface area contributed by atoms with Crippen LogP contribution in [-0.4, -0.2) is 6.29 Å². The second-order valence-corrected chi connectivity index (χ2v) is 3.83. The van der Waals surface area contributed by atoms with Crippen molar-refractivity contribution in [2.45, 2.75) is 38.5 Å². The normalized spacial score (nSPS) is 45.4. The van der Waals surface area contributed by atoms with Crippen molar-refractivity contribution in [3.05, 3.63) is 0 Å². The van der Waals surface area contributed by atoms with Crippen molar-refractivity contribution in [3.8, 4) is 0 Å². The molecule has 2 aliphatic rings. The fourth-order valence-corrected chi connectivity index (χ4v) is 2.82. The van der Waals surface area contributed by atoms with Crippen LogP contribution in [0.3, 0.4) is 0 Å². The largest absolute Gasteiger partial charge is 0.303 e. The molecule has 0 bridgehead atoms. The first-order valence-electron chi connectivity index (χ1n) is 4.34. The van der Waals surface area contributed by atoms with E-state index >= 15 is 0 Å². The minimum absolute atomic E-state index is 0.167. The number of hydrogen-bond acceptors (Lipinski definition) is 1. The molecule has 0 spiro atoms. The molecular weight excluding hydrogens is 124 g/mol. The van der Waals surface area contributed by atoms with E-state index in [-0.39, 0.29) is 5.41 Å². The summed E-state index contributed by atoms with van der Waals surface area (Å²) in [6, 6.07) is 0. The molecule has 0 aromatic heterocycles. The average molecular weight is 138 g/mol. The molecule has 2 fully saturated rings. The third-order valence-corrected chi connectivity index (χ3v) is 3.44. The Hall–Kier alpha value is -0.330. The number of fused-ring (bicyclic) bond motifs is 1. The number of aldehydes is 1. The Kier molecular flexibility index (Phi) is 1.33. The predicted octanol–water partition coefficient (Wildman–Crippen LogP) is 2.16. The van der Waals surface area contributed by atoms with E-state index in [1.54, 1.807) is 0 Å². The minimum Gasteiger partial charge on any atom is -0.303 e. The van der Waals surface area contributed by atoms with Gasteiger partial charge in [-0.25, -0.2) is 0 Å². The van der Waals surface area contributed by atoms with Gasteiger partial charge in [-0.2, -0.15) is 0 Å². The smallest absolute Gasteiger partial charge is 0.126 e. The number of hydrogen-bond donors (Lipinski definition) is 0. The molecule has 0 heterocycles. The summed E-state index contributed by atoms with van der Waals surface area (Å²) in [5.74, 6) is 0.769. The lowest BCUT2D eigenvalue weighted by molar-refractivity contribution is -0.117. The van der Waals surface area contributed by atoms with Crippen LogP contribution in [0, 0.1) is 11.3 Å². The van der Waals surface area contributed by atoms with Gasteiger partial charge in [0, 0.05) is 5.41 Å². The standard InChI is InChI=1S/C9H14O/c10-7-9-5-1-3-8(9)4-2-6-9/h7-8H,1-6H2. The average Bonchev–Trinajstić information content (AvgIpc) is 2.42. The van der Waals surface area contributed by atoms with Crippen LogP contribution in [-0.2, 0) is 4.79 Å². The van der Waals surface area contributed by atoms with Crippen LogP contribution in [0.4, 0.5) is 0 Å². The molecule has 0 aromatic carbocycles. The van der Waals surface area contributed by atoms with Gasteiger partial charge in [-0.3, -0.25) is 0 Å². The first kappa shape index (κ1) is 6.38.